The van der Waals surface area contributed by atoms with E-state index in [1.807, 2.05) is 60.1 Å². The van der Waals surface area contributed by atoms with Gasteiger partial charge in [0.25, 0.3) is 0 Å². The fourth-order valence-electron chi connectivity index (χ4n) is 3.34. The second kappa shape index (κ2) is 6.31. The van der Waals surface area contributed by atoms with Crippen LogP contribution in [0.3, 0.4) is 0 Å². The summed E-state index contributed by atoms with van der Waals surface area (Å²) in [5.41, 5.74) is 4.40. The van der Waals surface area contributed by atoms with Gasteiger partial charge in [-0.2, -0.15) is 5.10 Å². The summed E-state index contributed by atoms with van der Waals surface area (Å²) in [5.74, 6) is 1.32. The summed E-state index contributed by atoms with van der Waals surface area (Å²) in [6, 6.07) is 15.6. The van der Waals surface area contributed by atoms with E-state index in [2.05, 4.69) is 25.5 Å². The van der Waals surface area contributed by atoms with E-state index >= 15 is 0 Å². The highest BCUT2D eigenvalue weighted by atomic mass is 16.1. The summed E-state index contributed by atoms with van der Waals surface area (Å²) in [5, 5.41) is 12.3. The molecule has 7 heteroatoms. The first-order valence-electron chi connectivity index (χ1n) is 8.79. The molecule has 3 heterocycles. The maximum absolute atomic E-state index is 11.2. The van der Waals surface area contributed by atoms with Crippen molar-refractivity contribution < 1.29 is 4.79 Å². The molecule has 0 saturated heterocycles. The van der Waals surface area contributed by atoms with Crippen molar-refractivity contribution in [2.24, 2.45) is 7.05 Å². The molecule has 0 aliphatic heterocycles. The van der Waals surface area contributed by atoms with Crippen LogP contribution in [0, 0.1) is 0 Å². The van der Waals surface area contributed by atoms with E-state index in [-0.39, 0.29) is 0 Å². The molecule has 7 nitrogen and oxygen atoms in total. The van der Waals surface area contributed by atoms with Crippen LogP contribution in [-0.4, -0.2) is 31.0 Å². The van der Waals surface area contributed by atoms with E-state index in [1.54, 1.807) is 12.4 Å². The van der Waals surface area contributed by atoms with Crippen molar-refractivity contribution >= 4 is 39.6 Å². The second-order valence-electron chi connectivity index (χ2n) is 6.58. The number of fused-ring (bicyclic) bond motifs is 2. The molecule has 28 heavy (non-hydrogen) atoms. The monoisotopic (exact) mass is 368 g/mol. The van der Waals surface area contributed by atoms with Crippen molar-refractivity contribution in [2.45, 2.75) is 0 Å². The standard InChI is InChI=1S/C21H16N6O/c1-27-17(12-28)9-13-2-3-14(10-19(13)27)21-22-7-6-20(25-21)24-16-4-5-18-15(8-16)11-23-26-18/h2-12H,1H3,(H,23,26)(H,22,24,25). The number of aryl methyl sites for hydroxylation is 1. The fraction of sp³-hybridized carbons (Fsp3) is 0.0476. The van der Waals surface area contributed by atoms with Gasteiger partial charge in [0.1, 0.15) is 5.82 Å². The molecule has 0 aliphatic carbocycles. The predicted molar refractivity (Wildman–Crippen MR) is 109 cm³/mol. The fourth-order valence-corrected chi connectivity index (χ4v) is 3.34. The van der Waals surface area contributed by atoms with Crippen LogP contribution in [0.2, 0.25) is 0 Å². The molecule has 0 unspecified atom stereocenters. The van der Waals surface area contributed by atoms with Crippen molar-refractivity contribution in [3.05, 3.63) is 66.6 Å². The smallest absolute Gasteiger partial charge is 0.166 e. The van der Waals surface area contributed by atoms with Gasteiger partial charge in [-0.05, 0) is 36.4 Å². The zero-order valence-electron chi connectivity index (χ0n) is 15.0. The van der Waals surface area contributed by atoms with Crippen LogP contribution in [0.15, 0.2) is 60.9 Å². The maximum Gasteiger partial charge on any atom is 0.166 e. The number of carbonyl (C=O) groups excluding carboxylic acids is 1. The molecule has 2 aromatic carbocycles. The number of nitrogens with zero attached hydrogens (tertiary/aromatic N) is 4. The second-order valence-corrected chi connectivity index (χ2v) is 6.58. The number of hydrogen-bond donors (Lipinski definition) is 2. The molecule has 2 N–H and O–H groups in total. The van der Waals surface area contributed by atoms with E-state index in [4.69, 9.17) is 0 Å². The number of carbonyl (C=O) groups is 1. The SMILES string of the molecule is Cn1c(C=O)cc2ccc(-c3nccc(Nc4ccc5[nH]ncc5c4)n3)cc21. The quantitative estimate of drug-likeness (QED) is 0.467. The molecule has 0 bridgehead atoms. The van der Waals surface area contributed by atoms with Crippen molar-refractivity contribution in [2.75, 3.05) is 5.32 Å². The minimum Gasteiger partial charge on any atom is -0.341 e. The van der Waals surface area contributed by atoms with Crippen LogP contribution in [0.4, 0.5) is 11.5 Å². The average molecular weight is 368 g/mol. The van der Waals surface area contributed by atoms with Crippen LogP contribution in [0.1, 0.15) is 10.5 Å². The lowest BCUT2D eigenvalue weighted by atomic mass is 10.1. The number of benzene rings is 2. The number of hydrogen-bond acceptors (Lipinski definition) is 5. The lowest BCUT2D eigenvalue weighted by molar-refractivity contribution is 0.111. The summed E-state index contributed by atoms with van der Waals surface area (Å²) < 4.78 is 1.87. The molecule has 0 fully saturated rings. The summed E-state index contributed by atoms with van der Waals surface area (Å²) in [6.45, 7) is 0. The van der Waals surface area contributed by atoms with Gasteiger partial charge in [-0.15, -0.1) is 0 Å². The molecule has 0 radical (unpaired) electrons. The Morgan fingerprint density at radius 2 is 2.00 bits per heavy atom. The largest absolute Gasteiger partial charge is 0.341 e. The number of nitrogens with one attached hydrogen (secondary N) is 2. The first-order chi connectivity index (χ1) is 13.7. The zero-order valence-corrected chi connectivity index (χ0v) is 15.0. The minimum atomic E-state index is 0.616. The van der Waals surface area contributed by atoms with Crippen LogP contribution >= 0.6 is 0 Å². The van der Waals surface area contributed by atoms with Gasteiger partial charge < -0.3 is 9.88 Å². The number of anilines is 2. The lowest BCUT2D eigenvalue weighted by Gasteiger charge is -2.08. The average Bonchev–Trinajstić information content (AvgIpc) is 3.32. The molecule has 0 spiro atoms. The molecule has 0 amide bonds. The highest BCUT2D eigenvalue weighted by Crippen LogP contribution is 2.26. The van der Waals surface area contributed by atoms with Gasteiger partial charge in [0, 0.05) is 40.8 Å². The Bertz CT molecular complexity index is 1330. The lowest BCUT2D eigenvalue weighted by Crippen LogP contribution is -1.97. The molecule has 5 rings (SSSR count). The van der Waals surface area contributed by atoms with Crippen molar-refractivity contribution in [3.63, 3.8) is 0 Å². The number of rotatable bonds is 4. The number of H-pyrrole nitrogens is 1. The Kier molecular flexibility index (Phi) is 3.65. The maximum atomic E-state index is 11.2. The van der Waals surface area contributed by atoms with Crippen LogP contribution in [0.5, 0.6) is 0 Å². The van der Waals surface area contributed by atoms with Crippen molar-refractivity contribution in [1.29, 1.82) is 0 Å². The topological polar surface area (TPSA) is 88.5 Å². The predicted octanol–water partition coefficient (Wildman–Crippen LogP) is 4.07. The van der Waals surface area contributed by atoms with Crippen LogP contribution < -0.4 is 5.32 Å². The normalized spacial score (nSPS) is 11.2. The number of aromatic amines is 1. The highest BCUT2D eigenvalue weighted by Gasteiger charge is 2.09. The Hall–Kier alpha value is -4.00. The van der Waals surface area contributed by atoms with Crippen LogP contribution in [0.25, 0.3) is 33.2 Å². The molecular formula is C21H16N6O. The minimum absolute atomic E-state index is 0.616. The third-order valence-corrected chi connectivity index (χ3v) is 4.83. The Labute approximate surface area is 160 Å². The number of aldehydes is 1. The van der Waals surface area contributed by atoms with Gasteiger partial charge in [-0.25, -0.2) is 9.97 Å². The Balaban J connectivity index is 1.50. The molecule has 0 atom stereocenters. The third kappa shape index (κ3) is 2.69. The first-order valence-corrected chi connectivity index (χ1v) is 8.79. The Morgan fingerprint density at radius 3 is 2.89 bits per heavy atom. The molecule has 0 aliphatic rings. The van der Waals surface area contributed by atoms with Crippen molar-refractivity contribution in [1.82, 2.24) is 24.7 Å². The summed E-state index contributed by atoms with van der Waals surface area (Å²) in [6.07, 6.45) is 4.37. The summed E-state index contributed by atoms with van der Waals surface area (Å²) in [7, 11) is 1.88. The van der Waals surface area contributed by atoms with Gasteiger partial charge in [-0.1, -0.05) is 12.1 Å². The van der Waals surface area contributed by atoms with Gasteiger partial charge in [0.2, 0.25) is 0 Å². The molecule has 5 aromatic rings. The van der Waals surface area contributed by atoms with E-state index in [1.165, 1.54) is 0 Å². The molecule has 3 aromatic heterocycles. The van der Waals surface area contributed by atoms with Gasteiger partial charge >= 0.3 is 0 Å². The number of aromatic nitrogens is 5. The Morgan fingerprint density at radius 1 is 1.07 bits per heavy atom. The zero-order chi connectivity index (χ0) is 19.1. The van der Waals surface area contributed by atoms with E-state index in [0.29, 0.717) is 17.3 Å². The molecular weight excluding hydrogens is 352 g/mol. The molecule has 0 saturated carbocycles. The first kappa shape index (κ1) is 16.2. The summed E-state index contributed by atoms with van der Waals surface area (Å²) in [4.78, 5) is 20.2. The third-order valence-electron chi connectivity index (χ3n) is 4.83. The van der Waals surface area contributed by atoms with Crippen LogP contribution in [-0.2, 0) is 7.05 Å². The van der Waals surface area contributed by atoms with Gasteiger partial charge in [-0.3, -0.25) is 9.89 Å². The van der Waals surface area contributed by atoms with Crippen molar-refractivity contribution in [3.8, 4) is 11.4 Å². The highest BCUT2D eigenvalue weighted by molar-refractivity contribution is 5.91. The molecule has 136 valence electrons. The van der Waals surface area contributed by atoms with Gasteiger partial charge in [0.15, 0.2) is 12.1 Å². The van der Waals surface area contributed by atoms with E-state index in [9.17, 15) is 4.79 Å². The van der Waals surface area contributed by atoms with E-state index in [0.717, 1.165) is 39.3 Å². The van der Waals surface area contributed by atoms with E-state index < -0.39 is 0 Å². The summed E-state index contributed by atoms with van der Waals surface area (Å²) >= 11 is 0. The van der Waals surface area contributed by atoms with Gasteiger partial charge in [0.05, 0.1) is 17.4 Å².